The summed E-state index contributed by atoms with van der Waals surface area (Å²) in [7, 11) is 1.85. The standard InChI is InChI=1S/C9H17N3O2/c1-9(14,7-13)6-10-5-8-3-4-12(2)11-8/h3-4,10,13-14H,5-7H2,1-2H3. The minimum absolute atomic E-state index is 0.248. The van der Waals surface area contributed by atoms with Crippen LogP contribution in [-0.4, -0.2) is 38.7 Å². The van der Waals surface area contributed by atoms with E-state index in [1.54, 1.807) is 11.6 Å². The Morgan fingerprint density at radius 2 is 2.36 bits per heavy atom. The lowest BCUT2D eigenvalue weighted by atomic mass is 10.1. The Bertz CT molecular complexity index is 283. The van der Waals surface area contributed by atoms with Gasteiger partial charge in [0.25, 0.3) is 0 Å². The molecule has 0 radical (unpaired) electrons. The molecule has 0 saturated carbocycles. The molecule has 80 valence electrons. The second-order valence-electron chi connectivity index (χ2n) is 3.74. The summed E-state index contributed by atoms with van der Waals surface area (Å²) in [5.74, 6) is 0. The summed E-state index contributed by atoms with van der Waals surface area (Å²) in [6.07, 6.45) is 1.86. The van der Waals surface area contributed by atoms with Gasteiger partial charge in [-0.15, -0.1) is 0 Å². The number of hydrogen-bond acceptors (Lipinski definition) is 4. The number of aryl methyl sites for hydroxylation is 1. The van der Waals surface area contributed by atoms with Crippen molar-refractivity contribution in [3.8, 4) is 0 Å². The van der Waals surface area contributed by atoms with Crippen LogP contribution in [0.4, 0.5) is 0 Å². The summed E-state index contributed by atoms with van der Waals surface area (Å²) in [5.41, 5.74) is -0.143. The van der Waals surface area contributed by atoms with Crippen molar-refractivity contribution in [2.24, 2.45) is 7.05 Å². The molecule has 0 aliphatic carbocycles. The molecule has 14 heavy (non-hydrogen) atoms. The fourth-order valence-electron chi connectivity index (χ4n) is 1.07. The molecule has 1 aromatic heterocycles. The largest absolute Gasteiger partial charge is 0.393 e. The molecule has 0 aliphatic rings. The maximum Gasteiger partial charge on any atom is 0.0972 e. The van der Waals surface area contributed by atoms with E-state index >= 15 is 0 Å². The van der Waals surface area contributed by atoms with E-state index in [0.717, 1.165) is 5.69 Å². The van der Waals surface area contributed by atoms with Crippen molar-refractivity contribution >= 4 is 0 Å². The van der Waals surface area contributed by atoms with Gasteiger partial charge >= 0.3 is 0 Å². The van der Waals surface area contributed by atoms with E-state index in [1.807, 2.05) is 19.3 Å². The van der Waals surface area contributed by atoms with Gasteiger partial charge in [-0.2, -0.15) is 5.10 Å². The second-order valence-corrected chi connectivity index (χ2v) is 3.74. The normalized spacial score (nSPS) is 15.4. The molecule has 1 aromatic rings. The lowest BCUT2D eigenvalue weighted by Crippen LogP contribution is -2.40. The smallest absolute Gasteiger partial charge is 0.0972 e. The maximum absolute atomic E-state index is 9.47. The Morgan fingerprint density at radius 3 is 2.86 bits per heavy atom. The van der Waals surface area contributed by atoms with Crippen molar-refractivity contribution < 1.29 is 10.2 Å². The summed E-state index contributed by atoms with van der Waals surface area (Å²) in [6.45, 7) is 2.28. The van der Waals surface area contributed by atoms with Gasteiger partial charge in [0.15, 0.2) is 0 Å². The molecule has 3 N–H and O–H groups in total. The van der Waals surface area contributed by atoms with Crippen LogP contribution >= 0.6 is 0 Å². The fraction of sp³-hybridized carbons (Fsp3) is 0.667. The first-order valence-corrected chi connectivity index (χ1v) is 4.56. The van der Waals surface area contributed by atoms with Crippen molar-refractivity contribution in [2.45, 2.75) is 19.1 Å². The number of nitrogens with zero attached hydrogens (tertiary/aromatic N) is 2. The van der Waals surface area contributed by atoms with E-state index in [2.05, 4.69) is 10.4 Å². The number of rotatable bonds is 5. The number of aliphatic hydroxyl groups excluding tert-OH is 1. The molecule has 0 saturated heterocycles. The minimum atomic E-state index is -1.06. The lowest BCUT2D eigenvalue weighted by Gasteiger charge is -2.20. The van der Waals surface area contributed by atoms with Crippen molar-refractivity contribution in [3.63, 3.8) is 0 Å². The summed E-state index contributed by atoms with van der Waals surface area (Å²) < 4.78 is 1.72. The van der Waals surface area contributed by atoms with Crippen LogP contribution in [0.1, 0.15) is 12.6 Å². The summed E-state index contributed by atoms with van der Waals surface area (Å²) >= 11 is 0. The molecular formula is C9H17N3O2. The topological polar surface area (TPSA) is 70.3 Å². The van der Waals surface area contributed by atoms with E-state index in [4.69, 9.17) is 5.11 Å². The van der Waals surface area contributed by atoms with Gasteiger partial charge in [0.1, 0.15) is 0 Å². The molecule has 0 spiro atoms. The molecular weight excluding hydrogens is 182 g/mol. The van der Waals surface area contributed by atoms with Gasteiger partial charge in [0, 0.05) is 26.3 Å². The van der Waals surface area contributed by atoms with Gasteiger partial charge in [0.2, 0.25) is 0 Å². The van der Waals surface area contributed by atoms with Gasteiger partial charge in [-0.1, -0.05) is 0 Å². The van der Waals surface area contributed by atoms with Crippen LogP contribution in [-0.2, 0) is 13.6 Å². The van der Waals surface area contributed by atoms with Crippen LogP contribution in [0, 0.1) is 0 Å². The van der Waals surface area contributed by atoms with E-state index in [-0.39, 0.29) is 6.61 Å². The van der Waals surface area contributed by atoms with Crippen LogP contribution in [0.25, 0.3) is 0 Å². The van der Waals surface area contributed by atoms with E-state index < -0.39 is 5.60 Å². The highest BCUT2D eigenvalue weighted by atomic mass is 16.3. The molecule has 0 fully saturated rings. The molecule has 1 atom stereocenters. The van der Waals surface area contributed by atoms with E-state index in [1.165, 1.54) is 0 Å². The van der Waals surface area contributed by atoms with Gasteiger partial charge in [-0.3, -0.25) is 4.68 Å². The minimum Gasteiger partial charge on any atom is -0.393 e. The molecule has 5 heteroatoms. The first-order valence-electron chi connectivity index (χ1n) is 4.56. The van der Waals surface area contributed by atoms with Crippen molar-refractivity contribution in [2.75, 3.05) is 13.2 Å². The first kappa shape index (κ1) is 11.2. The SMILES string of the molecule is Cn1ccc(CNCC(C)(O)CO)n1. The lowest BCUT2D eigenvalue weighted by molar-refractivity contribution is 0.00248. The third-order valence-corrected chi connectivity index (χ3v) is 1.92. The van der Waals surface area contributed by atoms with Gasteiger partial charge in [0.05, 0.1) is 17.9 Å². The number of nitrogens with one attached hydrogen (secondary N) is 1. The Balaban J connectivity index is 2.28. The zero-order chi connectivity index (χ0) is 10.6. The predicted octanol–water partition coefficient (Wildman–Crippen LogP) is -0.747. The molecule has 0 amide bonds. The Labute approximate surface area is 83.4 Å². The molecule has 0 aliphatic heterocycles. The van der Waals surface area contributed by atoms with Crippen LogP contribution in [0.5, 0.6) is 0 Å². The summed E-state index contributed by atoms with van der Waals surface area (Å²) in [6, 6.07) is 1.90. The molecule has 1 rings (SSSR count). The molecule has 0 aromatic carbocycles. The van der Waals surface area contributed by atoms with E-state index in [0.29, 0.717) is 13.1 Å². The van der Waals surface area contributed by atoms with Gasteiger partial charge in [-0.05, 0) is 13.0 Å². The average Bonchev–Trinajstić information content (AvgIpc) is 2.51. The monoisotopic (exact) mass is 199 g/mol. The number of aromatic nitrogens is 2. The van der Waals surface area contributed by atoms with Crippen LogP contribution in [0.15, 0.2) is 12.3 Å². The highest BCUT2D eigenvalue weighted by molar-refractivity contribution is 4.98. The third-order valence-electron chi connectivity index (χ3n) is 1.92. The second kappa shape index (κ2) is 4.54. The van der Waals surface area contributed by atoms with Crippen molar-refractivity contribution in [3.05, 3.63) is 18.0 Å². The molecule has 5 nitrogen and oxygen atoms in total. The summed E-state index contributed by atoms with van der Waals surface area (Å²) in [4.78, 5) is 0. The Hall–Kier alpha value is -0.910. The fourth-order valence-corrected chi connectivity index (χ4v) is 1.07. The Kier molecular flexibility index (Phi) is 3.62. The quantitative estimate of drug-likeness (QED) is 0.584. The van der Waals surface area contributed by atoms with E-state index in [9.17, 15) is 5.11 Å². The van der Waals surface area contributed by atoms with Crippen LogP contribution in [0.2, 0.25) is 0 Å². The molecule has 1 unspecified atom stereocenters. The van der Waals surface area contributed by atoms with Gasteiger partial charge < -0.3 is 15.5 Å². The highest BCUT2D eigenvalue weighted by Gasteiger charge is 2.17. The maximum atomic E-state index is 9.47. The molecule has 1 heterocycles. The molecule has 0 bridgehead atoms. The highest BCUT2D eigenvalue weighted by Crippen LogP contribution is 1.99. The summed E-state index contributed by atoms with van der Waals surface area (Å²) in [5, 5.41) is 25.4. The number of hydrogen-bond donors (Lipinski definition) is 3. The Morgan fingerprint density at radius 1 is 1.64 bits per heavy atom. The van der Waals surface area contributed by atoms with Gasteiger partial charge in [-0.25, -0.2) is 0 Å². The zero-order valence-electron chi connectivity index (χ0n) is 8.56. The first-order chi connectivity index (χ1) is 6.53. The zero-order valence-corrected chi connectivity index (χ0v) is 8.56. The van der Waals surface area contributed by atoms with Crippen LogP contribution in [0.3, 0.4) is 0 Å². The van der Waals surface area contributed by atoms with Crippen molar-refractivity contribution in [1.29, 1.82) is 0 Å². The van der Waals surface area contributed by atoms with Crippen LogP contribution < -0.4 is 5.32 Å². The number of aliphatic hydroxyl groups is 2. The predicted molar refractivity (Wildman–Crippen MR) is 52.6 cm³/mol. The average molecular weight is 199 g/mol. The van der Waals surface area contributed by atoms with Crippen molar-refractivity contribution in [1.82, 2.24) is 15.1 Å². The third kappa shape index (κ3) is 3.45.